The summed E-state index contributed by atoms with van der Waals surface area (Å²) in [6.45, 7) is 0. The fraction of sp³-hybridized carbons (Fsp3) is 0. The van der Waals surface area contributed by atoms with Crippen LogP contribution in [0.25, 0.3) is 17.3 Å². The van der Waals surface area contributed by atoms with Crippen molar-refractivity contribution in [1.82, 2.24) is 10.3 Å². The minimum atomic E-state index is -1.21. The van der Waals surface area contributed by atoms with Crippen LogP contribution in [0.2, 0.25) is 0 Å². The number of nitrogens with zero attached hydrogens (tertiary/aromatic N) is 1. The highest BCUT2D eigenvalue weighted by molar-refractivity contribution is 6.02. The van der Waals surface area contributed by atoms with Crippen LogP contribution in [0.15, 0.2) is 84.7 Å². The first kappa shape index (κ1) is 17.1. The van der Waals surface area contributed by atoms with Gasteiger partial charge in [-0.3, -0.25) is 9.78 Å². The highest BCUT2D eigenvalue weighted by Crippen LogP contribution is 2.19. The smallest absolute Gasteiger partial charge is 0.352 e. The van der Waals surface area contributed by atoms with Crippen LogP contribution in [-0.4, -0.2) is 22.0 Å². The van der Waals surface area contributed by atoms with Crippen LogP contribution in [0.1, 0.15) is 15.9 Å². The minimum Gasteiger partial charge on any atom is -0.477 e. The first-order valence-corrected chi connectivity index (χ1v) is 7.96. The highest BCUT2D eigenvalue weighted by atomic mass is 16.4. The fourth-order valence-corrected chi connectivity index (χ4v) is 2.42. The number of rotatable bonds is 5. The van der Waals surface area contributed by atoms with Crippen LogP contribution >= 0.6 is 0 Å². The molecular formula is C21H16N2O3. The van der Waals surface area contributed by atoms with E-state index in [0.29, 0.717) is 11.1 Å². The number of aliphatic carboxylic acids is 1. The summed E-state index contributed by atoms with van der Waals surface area (Å²) in [5.74, 6) is -1.68. The van der Waals surface area contributed by atoms with Gasteiger partial charge in [0.05, 0.1) is 5.69 Å². The van der Waals surface area contributed by atoms with Gasteiger partial charge in [0.25, 0.3) is 5.91 Å². The Balaban J connectivity index is 1.88. The number of benzene rings is 2. The number of carboxylic acid groups (broad SMARTS) is 1. The molecule has 3 rings (SSSR count). The molecule has 1 aromatic heterocycles. The van der Waals surface area contributed by atoms with Crippen molar-refractivity contribution in [2.24, 2.45) is 0 Å². The SMILES string of the molecule is O=C(O)C(=Cc1cccc(-c2ccccn2)c1)NC(=O)c1ccccc1. The molecule has 0 spiro atoms. The zero-order valence-corrected chi connectivity index (χ0v) is 13.8. The highest BCUT2D eigenvalue weighted by Gasteiger charge is 2.13. The van der Waals surface area contributed by atoms with Gasteiger partial charge >= 0.3 is 5.97 Å². The summed E-state index contributed by atoms with van der Waals surface area (Å²) in [4.78, 5) is 28.0. The molecule has 0 bridgehead atoms. The second-order valence-electron chi connectivity index (χ2n) is 5.52. The maximum atomic E-state index is 12.2. The van der Waals surface area contributed by atoms with Gasteiger partial charge in [-0.1, -0.05) is 42.5 Å². The number of carbonyl (C=O) groups excluding carboxylic acids is 1. The second-order valence-corrected chi connectivity index (χ2v) is 5.52. The molecule has 2 aromatic carbocycles. The van der Waals surface area contributed by atoms with E-state index in [0.717, 1.165) is 11.3 Å². The van der Waals surface area contributed by atoms with Gasteiger partial charge < -0.3 is 10.4 Å². The third-order valence-electron chi connectivity index (χ3n) is 3.67. The standard InChI is InChI=1S/C21H16N2O3/c24-20(16-8-2-1-3-9-16)23-19(21(25)26)14-15-7-6-10-17(13-15)18-11-4-5-12-22-18/h1-14H,(H,23,24)(H,25,26). The lowest BCUT2D eigenvalue weighted by atomic mass is 10.1. The molecule has 3 aromatic rings. The Hall–Kier alpha value is -3.73. The van der Waals surface area contributed by atoms with Crippen molar-refractivity contribution in [2.75, 3.05) is 0 Å². The van der Waals surface area contributed by atoms with Crippen LogP contribution in [-0.2, 0) is 4.79 Å². The second kappa shape index (κ2) is 7.90. The number of aromatic nitrogens is 1. The summed E-state index contributed by atoms with van der Waals surface area (Å²) in [5, 5.41) is 11.9. The lowest BCUT2D eigenvalue weighted by Gasteiger charge is -2.07. The van der Waals surface area contributed by atoms with E-state index in [2.05, 4.69) is 10.3 Å². The van der Waals surface area contributed by atoms with Gasteiger partial charge in [-0.2, -0.15) is 0 Å². The predicted molar refractivity (Wildman–Crippen MR) is 99.2 cm³/mol. The lowest BCUT2D eigenvalue weighted by Crippen LogP contribution is -2.27. The Bertz CT molecular complexity index is 951. The Morgan fingerprint density at radius 3 is 2.38 bits per heavy atom. The number of hydrogen-bond acceptors (Lipinski definition) is 3. The number of amides is 1. The summed E-state index contributed by atoms with van der Waals surface area (Å²) < 4.78 is 0. The zero-order valence-electron chi connectivity index (χ0n) is 13.8. The monoisotopic (exact) mass is 344 g/mol. The molecule has 128 valence electrons. The van der Waals surface area contributed by atoms with Crippen molar-refractivity contribution in [3.8, 4) is 11.3 Å². The molecule has 1 amide bonds. The Labute approximate surface area is 150 Å². The quantitative estimate of drug-likeness (QED) is 0.693. The van der Waals surface area contributed by atoms with E-state index in [9.17, 15) is 14.7 Å². The molecule has 0 radical (unpaired) electrons. The molecular weight excluding hydrogens is 328 g/mol. The molecule has 5 heteroatoms. The summed E-state index contributed by atoms with van der Waals surface area (Å²) >= 11 is 0. The minimum absolute atomic E-state index is 0.197. The van der Waals surface area contributed by atoms with Gasteiger partial charge in [0.1, 0.15) is 5.70 Å². The number of hydrogen-bond donors (Lipinski definition) is 2. The first-order chi connectivity index (χ1) is 12.6. The Kier molecular flexibility index (Phi) is 5.19. The van der Waals surface area contributed by atoms with Crippen LogP contribution < -0.4 is 5.32 Å². The number of carboxylic acids is 1. The maximum absolute atomic E-state index is 12.2. The number of carbonyl (C=O) groups is 2. The summed E-state index contributed by atoms with van der Waals surface area (Å²) in [6.07, 6.45) is 3.12. The van der Waals surface area contributed by atoms with Crippen molar-refractivity contribution in [3.63, 3.8) is 0 Å². The molecule has 1 heterocycles. The van der Waals surface area contributed by atoms with Crippen molar-refractivity contribution in [3.05, 3.63) is 95.8 Å². The average molecular weight is 344 g/mol. The number of nitrogens with one attached hydrogen (secondary N) is 1. The Morgan fingerprint density at radius 1 is 0.923 bits per heavy atom. The topological polar surface area (TPSA) is 79.3 Å². The van der Waals surface area contributed by atoms with Crippen molar-refractivity contribution in [2.45, 2.75) is 0 Å². The van der Waals surface area contributed by atoms with E-state index in [1.165, 1.54) is 6.08 Å². The molecule has 26 heavy (non-hydrogen) atoms. The molecule has 5 nitrogen and oxygen atoms in total. The van der Waals surface area contributed by atoms with Crippen molar-refractivity contribution < 1.29 is 14.7 Å². The maximum Gasteiger partial charge on any atom is 0.352 e. The average Bonchev–Trinajstić information content (AvgIpc) is 2.69. The molecule has 0 saturated heterocycles. The van der Waals surface area contributed by atoms with Gasteiger partial charge in [0, 0.05) is 17.3 Å². The van der Waals surface area contributed by atoms with E-state index in [1.807, 2.05) is 36.4 Å². The van der Waals surface area contributed by atoms with Gasteiger partial charge in [-0.15, -0.1) is 0 Å². The molecule has 0 aliphatic rings. The van der Waals surface area contributed by atoms with Gasteiger partial charge in [0.15, 0.2) is 0 Å². The third kappa shape index (κ3) is 4.21. The molecule has 2 N–H and O–H groups in total. The van der Waals surface area contributed by atoms with E-state index < -0.39 is 11.9 Å². The molecule has 0 aliphatic heterocycles. The zero-order chi connectivity index (χ0) is 18.4. The molecule has 0 aliphatic carbocycles. The van der Waals surface area contributed by atoms with Crippen LogP contribution in [0, 0.1) is 0 Å². The first-order valence-electron chi connectivity index (χ1n) is 7.96. The van der Waals surface area contributed by atoms with E-state index in [4.69, 9.17) is 0 Å². The van der Waals surface area contributed by atoms with E-state index >= 15 is 0 Å². The van der Waals surface area contributed by atoms with Crippen molar-refractivity contribution >= 4 is 18.0 Å². The van der Waals surface area contributed by atoms with Crippen molar-refractivity contribution in [1.29, 1.82) is 0 Å². The van der Waals surface area contributed by atoms with Crippen LogP contribution in [0.5, 0.6) is 0 Å². The summed E-state index contributed by atoms with van der Waals surface area (Å²) in [7, 11) is 0. The van der Waals surface area contributed by atoms with E-state index in [-0.39, 0.29) is 5.70 Å². The predicted octanol–water partition coefficient (Wildman–Crippen LogP) is 3.60. The molecule has 0 saturated carbocycles. The van der Waals surface area contributed by atoms with Gasteiger partial charge in [-0.05, 0) is 42.0 Å². The van der Waals surface area contributed by atoms with Crippen LogP contribution in [0.3, 0.4) is 0 Å². The van der Waals surface area contributed by atoms with Gasteiger partial charge in [0.2, 0.25) is 0 Å². The third-order valence-corrected chi connectivity index (χ3v) is 3.67. The summed E-state index contributed by atoms with van der Waals surface area (Å²) in [5.41, 5.74) is 2.49. The van der Waals surface area contributed by atoms with E-state index in [1.54, 1.807) is 42.6 Å². The largest absolute Gasteiger partial charge is 0.477 e. The molecule has 0 unspecified atom stereocenters. The fourth-order valence-electron chi connectivity index (χ4n) is 2.42. The molecule has 0 atom stereocenters. The normalized spacial score (nSPS) is 11.0. The van der Waals surface area contributed by atoms with Gasteiger partial charge in [-0.25, -0.2) is 4.79 Å². The summed E-state index contributed by atoms with van der Waals surface area (Å²) in [6, 6.07) is 21.3. The van der Waals surface area contributed by atoms with Crippen LogP contribution in [0.4, 0.5) is 0 Å². The molecule has 0 fully saturated rings. The number of pyridine rings is 1. The lowest BCUT2D eigenvalue weighted by molar-refractivity contribution is -0.132. The Morgan fingerprint density at radius 2 is 1.69 bits per heavy atom.